The van der Waals surface area contributed by atoms with Crippen LogP contribution in [0.1, 0.15) is 19.3 Å². The number of carbonyl (C=O) groups is 2. The van der Waals surface area contributed by atoms with Crippen molar-refractivity contribution in [1.82, 2.24) is 9.80 Å². The molecule has 0 aromatic heterocycles. The van der Waals surface area contributed by atoms with E-state index in [9.17, 15) is 9.59 Å². The fourth-order valence-electron chi connectivity index (χ4n) is 1.74. The number of carboxylic acid groups (broad SMARTS) is 1. The third kappa shape index (κ3) is 3.66. The fourth-order valence-corrected chi connectivity index (χ4v) is 1.74. The lowest BCUT2D eigenvalue weighted by Gasteiger charge is -2.21. The van der Waals surface area contributed by atoms with E-state index in [1.54, 1.807) is 19.0 Å². The molecular weight excluding hydrogens is 208 g/mol. The molecule has 0 spiro atoms. The normalized spacial score (nSPS) is 15.1. The highest BCUT2D eigenvalue weighted by Crippen LogP contribution is 2.20. The third-order valence-corrected chi connectivity index (χ3v) is 2.63. The second-order valence-electron chi connectivity index (χ2n) is 4.11. The van der Waals surface area contributed by atoms with Gasteiger partial charge in [-0.3, -0.25) is 14.5 Å². The van der Waals surface area contributed by atoms with E-state index in [1.165, 1.54) is 4.90 Å². The van der Waals surface area contributed by atoms with Gasteiger partial charge in [0.25, 0.3) is 0 Å². The molecule has 5 nitrogen and oxygen atoms in total. The monoisotopic (exact) mass is 226 g/mol. The molecule has 1 rings (SSSR count). The van der Waals surface area contributed by atoms with Crippen molar-refractivity contribution in [3.63, 3.8) is 0 Å². The summed E-state index contributed by atoms with van der Waals surface area (Å²) in [5, 5.41) is 8.57. The van der Waals surface area contributed by atoms with Gasteiger partial charge in [-0.05, 0) is 26.3 Å². The maximum atomic E-state index is 11.8. The fraction of sp³-hybridized carbons (Fsp3) is 0.636. The van der Waals surface area contributed by atoms with E-state index >= 15 is 0 Å². The first-order valence-electron chi connectivity index (χ1n) is 5.36. The van der Waals surface area contributed by atoms with Crippen molar-refractivity contribution in [2.24, 2.45) is 0 Å². The van der Waals surface area contributed by atoms with Crippen LogP contribution < -0.4 is 0 Å². The molecular formula is C11H18N2O3. The smallest absolute Gasteiger partial charge is 0.317 e. The molecule has 1 aliphatic rings. The molecule has 0 saturated carbocycles. The number of amides is 1. The van der Waals surface area contributed by atoms with E-state index in [1.807, 2.05) is 0 Å². The van der Waals surface area contributed by atoms with Crippen LogP contribution in [0.15, 0.2) is 11.8 Å². The molecule has 0 saturated heterocycles. The van der Waals surface area contributed by atoms with Gasteiger partial charge >= 0.3 is 5.97 Å². The lowest BCUT2D eigenvalue weighted by molar-refractivity contribution is -0.138. The van der Waals surface area contributed by atoms with E-state index in [4.69, 9.17) is 5.11 Å². The predicted molar refractivity (Wildman–Crippen MR) is 59.8 cm³/mol. The summed E-state index contributed by atoms with van der Waals surface area (Å²) >= 11 is 0. The molecule has 0 atom stereocenters. The number of hydrogen-bond acceptors (Lipinski definition) is 3. The Morgan fingerprint density at radius 1 is 1.38 bits per heavy atom. The number of likely N-dealkylation sites (N-methyl/N-ethyl adjacent to an activating group) is 2. The van der Waals surface area contributed by atoms with Crippen LogP contribution in [0.5, 0.6) is 0 Å². The Morgan fingerprint density at radius 2 is 2.06 bits per heavy atom. The average Bonchev–Trinajstić information content (AvgIpc) is 2.67. The number of nitrogens with zero attached hydrogens (tertiary/aromatic N) is 2. The van der Waals surface area contributed by atoms with Gasteiger partial charge in [0.2, 0.25) is 5.91 Å². The Morgan fingerprint density at radius 3 is 2.56 bits per heavy atom. The van der Waals surface area contributed by atoms with Crippen LogP contribution in [-0.4, -0.2) is 54.0 Å². The van der Waals surface area contributed by atoms with E-state index in [-0.39, 0.29) is 19.0 Å². The molecule has 90 valence electrons. The highest BCUT2D eigenvalue weighted by atomic mass is 16.4. The number of carboxylic acids is 1. The molecule has 5 heteroatoms. The summed E-state index contributed by atoms with van der Waals surface area (Å²) in [5.41, 5.74) is 1.05. The minimum atomic E-state index is -0.918. The lowest BCUT2D eigenvalue weighted by atomic mass is 10.3. The molecule has 1 amide bonds. The van der Waals surface area contributed by atoms with Gasteiger partial charge in [-0.1, -0.05) is 6.08 Å². The zero-order chi connectivity index (χ0) is 12.1. The Kier molecular flexibility index (Phi) is 4.49. The highest BCUT2D eigenvalue weighted by Gasteiger charge is 2.18. The molecule has 0 aromatic rings. The average molecular weight is 226 g/mol. The van der Waals surface area contributed by atoms with Crippen molar-refractivity contribution in [1.29, 1.82) is 0 Å². The van der Waals surface area contributed by atoms with E-state index in [0.29, 0.717) is 0 Å². The summed E-state index contributed by atoms with van der Waals surface area (Å²) in [7, 11) is 3.37. The van der Waals surface area contributed by atoms with Gasteiger partial charge in [-0.25, -0.2) is 0 Å². The van der Waals surface area contributed by atoms with Crippen LogP contribution in [0.3, 0.4) is 0 Å². The first-order chi connectivity index (χ1) is 7.50. The molecule has 16 heavy (non-hydrogen) atoms. The standard InChI is InChI=1S/C11H18N2O3/c1-12(8-11(15)16)7-10(14)13(2)9-5-3-4-6-9/h5H,3-4,6-8H2,1-2H3,(H,15,16). The third-order valence-electron chi connectivity index (χ3n) is 2.63. The number of rotatable bonds is 5. The molecule has 0 radical (unpaired) electrons. The molecule has 0 unspecified atom stereocenters. The van der Waals surface area contributed by atoms with E-state index < -0.39 is 5.97 Å². The van der Waals surface area contributed by atoms with Crippen molar-refractivity contribution >= 4 is 11.9 Å². The largest absolute Gasteiger partial charge is 0.480 e. The maximum absolute atomic E-state index is 11.8. The van der Waals surface area contributed by atoms with Gasteiger partial charge in [-0.2, -0.15) is 0 Å². The molecule has 1 aliphatic carbocycles. The Balaban J connectivity index is 2.42. The van der Waals surface area contributed by atoms with E-state index in [0.717, 1.165) is 25.0 Å². The quantitative estimate of drug-likeness (QED) is 0.742. The number of hydrogen-bond donors (Lipinski definition) is 1. The second kappa shape index (κ2) is 5.65. The zero-order valence-corrected chi connectivity index (χ0v) is 9.77. The SMILES string of the molecule is CN(CC(=O)O)CC(=O)N(C)C1=CCCC1. The number of aliphatic carboxylic acids is 1. The van der Waals surface area contributed by atoms with Gasteiger partial charge in [0.15, 0.2) is 0 Å². The number of carbonyl (C=O) groups excluding carboxylic acids is 1. The topological polar surface area (TPSA) is 60.9 Å². The van der Waals surface area contributed by atoms with E-state index in [2.05, 4.69) is 6.08 Å². The molecule has 0 bridgehead atoms. The van der Waals surface area contributed by atoms with Crippen LogP contribution in [0.4, 0.5) is 0 Å². The summed E-state index contributed by atoms with van der Waals surface area (Å²) in [6.07, 6.45) is 5.12. The van der Waals surface area contributed by atoms with Crippen LogP contribution in [0, 0.1) is 0 Å². The van der Waals surface area contributed by atoms with Crippen molar-refractivity contribution in [2.45, 2.75) is 19.3 Å². The van der Waals surface area contributed by atoms with Gasteiger partial charge in [-0.15, -0.1) is 0 Å². The first kappa shape index (κ1) is 12.7. The molecule has 1 N–H and O–H groups in total. The summed E-state index contributed by atoms with van der Waals surface area (Å²) < 4.78 is 0. The van der Waals surface area contributed by atoms with Crippen molar-refractivity contribution < 1.29 is 14.7 Å². The number of allylic oxidation sites excluding steroid dienone is 2. The summed E-state index contributed by atoms with van der Waals surface area (Å²) in [4.78, 5) is 25.3. The minimum absolute atomic E-state index is 0.0584. The first-order valence-corrected chi connectivity index (χ1v) is 5.36. The molecule has 0 heterocycles. The van der Waals surface area contributed by atoms with Crippen molar-refractivity contribution in [3.8, 4) is 0 Å². The van der Waals surface area contributed by atoms with Gasteiger partial charge in [0, 0.05) is 12.7 Å². The van der Waals surface area contributed by atoms with Gasteiger partial charge in [0.1, 0.15) is 0 Å². The lowest BCUT2D eigenvalue weighted by Crippen LogP contribution is -2.38. The zero-order valence-electron chi connectivity index (χ0n) is 9.77. The van der Waals surface area contributed by atoms with Gasteiger partial charge in [0.05, 0.1) is 13.1 Å². The summed E-state index contributed by atoms with van der Waals surface area (Å²) in [6, 6.07) is 0. The summed E-state index contributed by atoms with van der Waals surface area (Å²) in [5.74, 6) is -0.977. The molecule has 0 aliphatic heterocycles. The Hall–Kier alpha value is -1.36. The van der Waals surface area contributed by atoms with Crippen LogP contribution in [-0.2, 0) is 9.59 Å². The predicted octanol–water partition coefficient (Wildman–Crippen LogP) is 0.529. The van der Waals surface area contributed by atoms with Crippen LogP contribution in [0.2, 0.25) is 0 Å². The van der Waals surface area contributed by atoms with Crippen LogP contribution >= 0.6 is 0 Å². The highest BCUT2D eigenvalue weighted by molar-refractivity contribution is 5.80. The second-order valence-corrected chi connectivity index (χ2v) is 4.11. The molecule has 0 aromatic carbocycles. The Labute approximate surface area is 95.3 Å². The Bertz CT molecular complexity index is 312. The van der Waals surface area contributed by atoms with Crippen molar-refractivity contribution in [3.05, 3.63) is 11.8 Å². The summed E-state index contributed by atoms with van der Waals surface area (Å²) in [6.45, 7) is 0.0266. The molecule has 0 fully saturated rings. The minimum Gasteiger partial charge on any atom is -0.480 e. The maximum Gasteiger partial charge on any atom is 0.317 e. The van der Waals surface area contributed by atoms with Crippen molar-refractivity contribution in [2.75, 3.05) is 27.2 Å². The van der Waals surface area contributed by atoms with Crippen LogP contribution in [0.25, 0.3) is 0 Å². The van der Waals surface area contributed by atoms with Gasteiger partial charge < -0.3 is 10.0 Å².